The van der Waals surface area contributed by atoms with Crippen molar-refractivity contribution in [2.75, 3.05) is 6.54 Å². The predicted octanol–water partition coefficient (Wildman–Crippen LogP) is 1.45. The van der Waals surface area contributed by atoms with Gasteiger partial charge in [0, 0.05) is 25.8 Å². The van der Waals surface area contributed by atoms with E-state index in [9.17, 15) is 9.59 Å². The number of piperidine rings is 1. The minimum Gasteiger partial charge on any atom is -0.481 e. The van der Waals surface area contributed by atoms with Crippen LogP contribution in [-0.4, -0.2) is 44.3 Å². The number of amides is 1. The van der Waals surface area contributed by atoms with Crippen LogP contribution in [-0.2, 0) is 18.3 Å². The van der Waals surface area contributed by atoms with E-state index < -0.39 is 5.97 Å². The molecule has 1 amide bonds. The van der Waals surface area contributed by atoms with E-state index in [4.69, 9.17) is 5.11 Å². The fourth-order valence-electron chi connectivity index (χ4n) is 2.81. The van der Waals surface area contributed by atoms with E-state index >= 15 is 0 Å². The molecule has 0 radical (unpaired) electrons. The fourth-order valence-corrected chi connectivity index (χ4v) is 2.81. The molecule has 1 aromatic heterocycles. The Labute approximate surface area is 118 Å². The Kier molecular flexibility index (Phi) is 4.42. The molecular formula is C14H21N3O3. The SMILES string of the molecule is CCc1nn(C)cc1C(=O)N1CCCCC1CC(=O)O. The van der Waals surface area contributed by atoms with Gasteiger partial charge in [-0.2, -0.15) is 5.10 Å². The van der Waals surface area contributed by atoms with Gasteiger partial charge in [-0.1, -0.05) is 6.92 Å². The summed E-state index contributed by atoms with van der Waals surface area (Å²) in [5.74, 6) is -0.933. The van der Waals surface area contributed by atoms with Crippen LogP contribution in [0.5, 0.6) is 0 Å². The number of nitrogens with zero attached hydrogens (tertiary/aromatic N) is 3. The average Bonchev–Trinajstić information content (AvgIpc) is 2.79. The first-order chi connectivity index (χ1) is 9.52. The molecule has 0 aliphatic carbocycles. The molecule has 0 aromatic carbocycles. The van der Waals surface area contributed by atoms with Crippen molar-refractivity contribution >= 4 is 11.9 Å². The van der Waals surface area contributed by atoms with E-state index in [1.165, 1.54) is 0 Å². The van der Waals surface area contributed by atoms with Crippen molar-refractivity contribution in [3.63, 3.8) is 0 Å². The number of rotatable bonds is 4. The Morgan fingerprint density at radius 3 is 2.85 bits per heavy atom. The summed E-state index contributed by atoms with van der Waals surface area (Å²) in [5, 5.41) is 13.3. The minimum absolute atomic E-state index is 0.0213. The summed E-state index contributed by atoms with van der Waals surface area (Å²) in [6.07, 6.45) is 5.12. The number of carboxylic acids is 1. The molecule has 1 unspecified atom stereocenters. The second-order valence-corrected chi connectivity index (χ2v) is 5.26. The van der Waals surface area contributed by atoms with E-state index in [2.05, 4.69) is 5.10 Å². The number of carbonyl (C=O) groups is 2. The summed E-state index contributed by atoms with van der Waals surface area (Å²) in [4.78, 5) is 25.3. The molecule has 20 heavy (non-hydrogen) atoms. The summed E-state index contributed by atoms with van der Waals surface area (Å²) in [5.41, 5.74) is 1.38. The lowest BCUT2D eigenvalue weighted by Gasteiger charge is -2.35. The molecule has 1 aliphatic rings. The second kappa shape index (κ2) is 6.07. The Bertz CT molecular complexity index is 510. The van der Waals surface area contributed by atoms with Crippen LogP contribution in [0.25, 0.3) is 0 Å². The molecule has 0 bridgehead atoms. The molecular weight excluding hydrogens is 258 g/mol. The van der Waals surface area contributed by atoms with Crippen molar-refractivity contribution in [2.45, 2.75) is 45.1 Å². The van der Waals surface area contributed by atoms with Gasteiger partial charge < -0.3 is 10.0 Å². The van der Waals surface area contributed by atoms with Gasteiger partial charge in [-0.05, 0) is 25.7 Å². The van der Waals surface area contributed by atoms with Crippen molar-refractivity contribution < 1.29 is 14.7 Å². The highest BCUT2D eigenvalue weighted by Gasteiger charge is 2.30. The van der Waals surface area contributed by atoms with Gasteiger partial charge in [-0.3, -0.25) is 14.3 Å². The molecule has 1 atom stereocenters. The van der Waals surface area contributed by atoms with Gasteiger partial charge in [0.15, 0.2) is 0 Å². The topological polar surface area (TPSA) is 75.4 Å². The molecule has 1 aromatic rings. The minimum atomic E-state index is -0.850. The van der Waals surface area contributed by atoms with Crippen molar-refractivity contribution in [3.8, 4) is 0 Å². The highest BCUT2D eigenvalue weighted by atomic mass is 16.4. The number of carboxylic acid groups (broad SMARTS) is 1. The smallest absolute Gasteiger partial charge is 0.305 e. The van der Waals surface area contributed by atoms with Gasteiger partial charge in [0.1, 0.15) is 0 Å². The third kappa shape index (κ3) is 3.00. The molecule has 0 saturated carbocycles. The van der Waals surface area contributed by atoms with E-state index in [0.29, 0.717) is 18.5 Å². The zero-order valence-corrected chi connectivity index (χ0v) is 12.0. The quantitative estimate of drug-likeness (QED) is 0.905. The molecule has 1 aliphatic heterocycles. The molecule has 1 N–H and O–H groups in total. The van der Waals surface area contributed by atoms with Crippen LogP contribution in [0.2, 0.25) is 0 Å². The zero-order chi connectivity index (χ0) is 14.7. The highest BCUT2D eigenvalue weighted by Crippen LogP contribution is 2.23. The lowest BCUT2D eigenvalue weighted by atomic mass is 9.98. The molecule has 2 rings (SSSR count). The van der Waals surface area contributed by atoms with Gasteiger partial charge >= 0.3 is 5.97 Å². The number of aliphatic carboxylic acids is 1. The molecule has 1 saturated heterocycles. The Morgan fingerprint density at radius 2 is 2.20 bits per heavy atom. The predicted molar refractivity (Wildman–Crippen MR) is 73.5 cm³/mol. The van der Waals surface area contributed by atoms with Crippen molar-refractivity contribution in [1.82, 2.24) is 14.7 Å². The van der Waals surface area contributed by atoms with Gasteiger partial charge in [0.05, 0.1) is 17.7 Å². The Hall–Kier alpha value is -1.85. The van der Waals surface area contributed by atoms with Gasteiger partial charge in [-0.25, -0.2) is 0 Å². The largest absolute Gasteiger partial charge is 0.481 e. The van der Waals surface area contributed by atoms with Gasteiger partial charge in [-0.15, -0.1) is 0 Å². The summed E-state index contributed by atoms with van der Waals surface area (Å²) in [6, 6.07) is -0.196. The number of hydrogen-bond acceptors (Lipinski definition) is 3. The molecule has 110 valence electrons. The van der Waals surface area contributed by atoms with E-state index in [0.717, 1.165) is 25.0 Å². The van der Waals surface area contributed by atoms with Gasteiger partial charge in [0.25, 0.3) is 5.91 Å². The van der Waals surface area contributed by atoms with Crippen LogP contribution in [0.15, 0.2) is 6.20 Å². The summed E-state index contributed by atoms with van der Waals surface area (Å²) in [6.45, 7) is 2.60. The zero-order valence-electron chi connectivity index (χ0n) is 12.0. The second-order valence-electron chi connectivity index (χ2n) is 5.26. The first-order valence-electron chi connectivity index (χ1n) is 7.08. The highest BCUT2D eigenvalue weighted by molar-refractivity contribution is 5.95. The van der Waals surface area contributed by atoms with E-state index in [1.807, 2.05) is 6.92 Å². The maximum atomic E-state index is 12.7. The number of aromatic nitrogens is 2. The van der Waals surface area contributed by atoms with Crippen LogP contribution >= 0.6 is 0 Å². The van der Waals surface area contributed by atoms with Crippen molar-refractivity contribution in [1.29, 1.82) is 0 Å². The van der Waals surface area contributed by atoms with Crippen LogP contribution in [0, 0.1) is 0 Å². The third-order valence-corrected chi connectivity index (χ3v) is 3.77. The molecule has 0 spiro atoms. The maximum Gasteiger partial charge on any atom is 0.305 e. The first-order valence-corrected chi connectivity index (χ1v) is 7.08. The van der Waals surface area contributed by atoms with Crippen LogP contribution in [0.1, 0.15) is 48.7 Å². The van der Waals surface area contributed by atoms with Gasteiger partial charge in [0.2, 0.25) is 0 Å². The fraction of sp³-hybridized carbons (Fsp3) is 0.643. The number of carbonyl (C=O) groups excluding carboxylic acids is 1. The average molecular weight is 279 g/mol. The van der Waals surface area contributed by atoms with Crippen LogP contribution in [0.4, 0.5) is 0 Å². The monoisotopic (exact) mass is 279 g/mol. The van der Waals surface area contributed by atoms with Crippen LogP contribution in [0.3, 0.4) is 0 Å². The van der Waals surface area contributed by atoms with E-state index in [1.54, 1.807) is 22.8 Å². The summed E-state index contributed by atoms with van der Waals surface area (Å²) >= 11 is 0. The first kappa shape index (κ1) is 14.6. The Balaban J connectivity index is 2.22. The maximum absolute atomic E-state index is 12.7. The molecule has 2 heterocycles. The Morgan fingerprint density at radius 1 is 1.45 bits per heavy atom. The third-order valence-electron chi connectivity index (χ3n) is 3.77. The summed E-state index contributed by atoms with van der Waals surface area (Å²) < 4.78 is 1.64. The van der Waals surface area contributed by atoms with Crippen molar-refractivity contribution in [2.24, 2.45) is 7.05 Å². The molecule has 1 fully saturated rings. The van der Waals surface area contributed by atoms with Crippen molar-refractivity contribution in [3.05, 3.63) is 17.5 Å². The number of aryl methyl sites for hydroxylation is 2. The number of hydrogen-bond donors (Lipinski definition) is 1. The summed E-state index contributed by atoms with van der Waals surface area (Å²) in [7, 11) is 1.79. The lowest BCUT2D eigenvalue weighted by Crippen LogP contribution is -2.44. The van der Waals surface area contributed by atoms with E-state index in [-0.39, 0.29) is 18.4 Å². The molecule has 6 nitrogen and oxygen atoms in total. The number of likely N-dealkylation sites (tertiary alicyclic amines) is 1. The standard InChI is InChI=1S/C14H21N3O3/c1-3-12-11(9-16(2)15-12)14(20)17-7-5-4-6-10(17)8-13(18)19/h9-10H,3-8H2,1-2H3,(H,18,19). The normalized spacial score (nSPS) is 19.1. The molecule has 6 heteroatoms. The lowest BCUT2D eigenvalue weighted by molar-refractivity contribution is -0.138. The van der Waals surface area contributed by atoms with Crippen LogP contribution < -0.4 is 0 Å².